The smallest absolute Gasteiger partial charge is 0.0841 e. The number of β-amino-alcohol motifs (C(OH)–C–C–N with tert-alkyl or cyclic N) is 2. The van der Waals surface area contributed by atoms with Crippen LogP contribution in [-0.2, 0) is 6.54 Å². The minimum absolute atomic E-state index is 0.370. The van der Waals surface area contributed by atoms with Crippen molar-refractivity contribution >= 4 is 0 Å². The van der Waals surface area contributed by atoms with Gasteiger partial charge in [0.15, 0.2) is 0 Å². The third-order valence-electron chi connectivity index (χ3n) is 5.54. The second-order valence-corrected chi connectivity index (χ2v) is 8.01. The van der Waals surface area contributed by atoms with Crippen molar-refractivity contribution in [2.45, 2.75) is 56.5 Å². The number of piperidine rings is 2. The normalized spacial score (nSPS) is 34.1. The number of likely N-dealkylation sites (tertiary alicyclic amines) is 1. The van der Waals surface area contributed by atoms with E-state index < -0.39 is 11.6 Å². The van der Waals surface area contributed by atoms with Gasteiger partial charge in [0.05, 0.1) is 17.7 Å². The standard InChI is InChI=1S/C13H18N4O.C6H14N2O/c1-13(15-16-14)7-8-17(10-12(13)18)9-11-5-3-2-4-6-11;1-6(7)2-3-8-4-5(6)9/h2-6,12,18H,7-10H2,1H3;5,8-9H,2-4,7H2,1H3/t12-,13-;5-,6-/m11/s1. The van der Waals surface area contributed by atoms with Crippen molar-refractivity contribution in [1.82, 2.24) is 10.2 Å². The van der Waals surface area contributed by atoms with Crippen LogP contribution in [0.3, 0.4) is 0 Å². The summed E-state index contributed by atoms with van der Waals surface area (Å²) in [6, 6.07) is 10.2. The third-order valence-corrected chi connectivity index (χ3v) is 5.54. The number of azide groups is 1. The van der Waals surface area contributed by atoms with Crippen LogP contribution >= 0.6 is 0 Å². The average molecular weight is 377 g/mol. The molecule has 3 rings (SSSR count). The minimum Gasteiger partial charge on any atom is -0.391 e. The summed E-state index contributed by atoms with van der Waals surface area (Å²) in [6.07, 6.45) is 0.552. The first-order valence-corrected chi connectivity index (χ1v) is 9.45. The Bertz CT molecular complexity index is 634. The fraction of sp³-hybridized carbons (Fsp3) is 0.684. The Morgan fingerprint density at radius 2 is 1.96 bits per heavy atom. The fourth-order valence-electron chi connectivity index (χ4n) is 3.28. The predicted molar refractivity (Wildman–Crippen MR) is 106 cm³/mol. The highest BCUT2D eigenvalue weighted by atomic mass is 16.3. The molecule has 0 saturated carbocycles. The number of aliphatic hydroxyl groups is 2. The number of hydrogen-bond acceptors (Lipinski definition) is 6. The molecule has 0 bridgehead atoms. The SMILES string of the molecule is C[C@@]1(N)CCNC[C@H]1O.C[C@@]1(N=[N+]=[N-])CCN(Cc2ccccc2)C[C@H]1O. The lowest BCUT2D eigenvalue weighted by Gasteiger charge is -2.40. The van der Waals surface area contributed by atoms with Crippen molar-refractivity contribution < 1.29 is 10.2 Å². The Kier molecular flexibility index (Phi) is 7.61. The molecule has 8 nitrogen and oxygen atoms in total. The van der Waals surface area contributed by atoms with Gasteiger partial charge in [0.25, 0.3) is 0 Å². The quantitative estimate of drug-likeness (QED) is 0.360. The van der Waals surface area contributed by atoms with E-state index in [1.807, 2.05) is 32.0 Å². The highest BCUT2D eigenvalue weighted by molar-refractivity contribution is 5.15. The van der Waals surface area contributed by atoms with Gasteiger partial charge in [-0.1, -0.05) is 42.4 Å². The van der Waals surface area contributed by atoms with Crippen LogP contribution in [0.25, 0.3) is 10.4 Å². The number of nitrogens with zero attached hydrogens (tertiary/aromatic N) is 4. The van der Waals surface area contributed by atoms with Gasteiger partial charge in [0.1, 0.15) is 0 Å². The molecule has 2 aliphatic rings. The first-order chi connectivity index (χ1) is 12.8. The van der Waals surface area contributed by atoms with Gasteiger partial charge in [-0.3, -0.25) is 4.90 Å². The van der Waals surface area contributed by atoms with E-state index in [1.54, 1.807) is 0 Å². The van der Waals surface area contributed by atoms with E-state index >= 15 is 0 Å². The Labute approximate surface area is 161 Å². The third kappa shape index (κ3) is 6.17. The van der Waals surface area contributed by atoms with Crippen LogP contribution in [0.2, 0.25) is 0 Å². The predicted octanol–water partition coefficient (Wildman–Crippen LogP) is 1.38. The second kappa shape index (κ2) is 9.50. The van der Waals surface area contributed by atoms with Crippen LogP contribution in [0, 0.1) is 0 Å². The lowest BCUT2D eigenvalue weighted by molar-refractivity contribution is 0.00906. The molecular weight excluding hydrogens is 344 g/mol. The molecular formula is C19H32N6O2. The van der Waals surface area contributed by atoms with E-state index in [0.717, 1.165) is 26.1 Å². The zero-order chi connectivity index (χ0) is 19.9. The summed E-state index contributed by atoms with van der Waals surface area (Å²) in [5, 5.41) is 26.2. The lowest BCUT2D eigenvalue weighted by atomic mass is 9.87. The fourth-order valence-corrected chi connectivity index (χ4v) is 3.28. The topological polar surface area (TPSA) is 131 Å². The molecule has 2 saturated heterocycles. The van der Waals surface area contributed by atoms with E-state index in [-0.39, 0.29) is 11.6 Å². The van der Waals surface area contributed by atoms with E-state index in [1.165, 1.54) is 5.56 Å². The summed E-state index contributed by atoms with van der Waals surface area (Å²) < 4.78 is 0. The van der Waals surface area contributed by atoms with Gasteiger partial charge < -0.3 is 21.3 Å². The highest BCUT2D eigenvalue weighted by Crippen LogP contribution is 2.27. The summed E-state index contributed by atoms with van der Waals surface area (Å²) in [5.41, 5.74) is 14.5. The molecule has 150 valence electrons. The number of hydrogen-bond donors (Lipinski definition) is 4. The Morgan fingerprint density at radius 3 is 2.48 bits per heavy atom. The number of aliphatic hydroxyl groups excluding tert-OH is 2. The van der Waals surface area contributed by atoms with Crippen molar-refractivity contribution in [3.8, 4) is 0 Å². The Balaban J connectivity index is 0.000000244. The molecule has 8 heteroatoms. The van der Waals surface area contributed by atoms with Gasteiger partial charge in [-0.2, -0.15) is 0 Å². The molecule has 0 spiro atoms. The van der Waals surface area contributed by atoms with Crippen LogP contribution in [0.1, 0.15) is 32.3 Å². The first kappa shape index (κ1) is 21.6. The zero-order valence-electron chi connectivity index (χ0n) is 16.3. The summed E-state index contributed by atoms with van der Waals surface area (Å²) in [6.45, 7) is 7.46. The summed E-state index contributed by atoms with van der Waals surface area (Å²) in [4.78, 5) is 5.03. The summed E-state index contributed by atoms with van der Waals surface area (Å²) >= 11 is 0. The Hall–Kier alpha value is -1.67. The van der Waals surface area contributed by atoms with Crippen LogP contribution in [0.4, 0.5) is 0 Å². The molecule has 5 N–H and O–H groups in total. The maximum atomic E-state index is 10.1. The van der Waals surface area contributed by atoms with Crippen molar-refractivity contribution in [1.29, 1.82) is 0 Å². The summed E-state index contributed by atoms with van der Waals surface area (Å²) in [7, 11) is 0. The largest absolute Gasteiger partial charge is 0.391 e. The van der Waals surface area contributed by atoms with Gasteiger partial charge in [-0.25, -0.2) is 0 Å². The molecule has 4 atom stereocenters. The summed E-state index contributed by atoms with van der Waals surface area (Å²) in [5.74, 6) is 0. The van der Waals surface area contributed by atoms with E-state index in [9.17, 15) is 10.2 Å². The van der Waals surface area contributed by atoms with Crippen molar-refractivity contribution in [3.05, 3.63) is 46.3 Å². The van der Waals surface area contributed by atoms with Crippen molar-refractivity contribution in [2.24, 2.45) is 10.8 Å². The monoisotopic (exact) mass is 376 g/mol. The van der Waals surface area contributed by atoms with Crippen LogP contribution in [-0.4, -0.2) is 64.6 Å². The van der Waals surface area contributed by atoms with E-state index in [2.05, 4.69) is 32.4 Å². The number of nitrogens with one attached hydrogen (secondary N) is 1. The van der Waals surface area contributed by atoms with Crippen molar-refractivity contribution in [2.75, 3.05) is 26.2 Å². The lowest BCUT2D eigenvalue weighted by Crippen LogP contribution is -2.57. The molecule has 27 heavy (non-hydrogen) atoms. The van der Waals surface area contributed by atoms with Gasteiger partial charge in [-0.15, -0.1) is 0 Å². The second-order valence-electron chi connectivity index (χ2n) is 8.01. The van der Waals surface area contributed by atoms with E-state index in [4.69, 9.17) is 11.3 Å². The highest BCUT2D eigenvalue weighted by Gasteiger charge is 2.37. The van der Waals surface area contributed by atoms with Gasteiger partial charge in [-0.05, 0) is 43.9 Å². The van der Waals surface area contributed by atoms with E-state index in [0.29, 0.717) is 19.5 Å². The molecule has 1 aromatic carbocycles. The molecule has 0 aromatic heterocycles. The number of nitrogens with two attached hydrogens (primary N) is 1. The molecule has 1 aromatic rings. The molecule has 0 aliphatic carbocycles. The number of benzene rings is 1. The maximum absolute atomic E-state index is 10.1. The van der Waals surface area contributed by atoms with Gasteiger partial charge in [0, 0.05) is 30.1 Å². The average Bonchev–Trinajstić information content (AvgIpc) is 2.63. The zero-order valence-corrected chi connectivity index (χ0v) is 16.3. The molecule has 0 radical (unpaired) electrons. The van der Waals surface area contributed by atoms with Gasteiger partial charge in [0.2, 0.25) is 0 Å². The molecule has 2 heterocycles. The minimum atomic E-state index is -0.665. The Morgan fingerprint density at radius 1 is 1.26 bits per heavy atom. The number of rotatable bonds is 3. The molecule has 2 fully saturated rings. The first-order valence-electron chi connectivity index (χ1n) is 9.45. The van der Waals surface area contributed by atoms with Crippen molar-refractivity contribution in [3.63, 3.8) is 0 Å². The molecule has 0 unspecified atom stereocenters. The van der Waals surface area contributed by atoms with Crippen LogP contribution in [0.5, 0.6) is 0 Å². The van der Waals surface area contributed by atoms with Crippen LogP contribution < -0.4 is 11.1 Å². The van der Waals surface area contributed by atoms with Crippen LogP contribution in [0.15, 0.2) is 35.4 Å². The molecule has 2 aliphatic heterocycles. The van der Waals surface area contributed by atoms with Gasteiger partial charge >= 0.3 is 0 Å². The molecule has 0 amide bonds. The maximum Gasteiger partial charge on any atom is 0.0841 e.